The van der Waals surface area contributed by atoms with Crippen LogP contribution in [0, 0.1) is 13.8 Å². The number of pyridine rings is 1. The van der Waals surface area contributed by atoms with Crippen molar-refractivity contribution in [3.8, 4) is 5.82 Å². The van der Waals surface area contributed by atoms with Crippen LogP contribution in [0.2, 0.25) is 5.02 Å². The number of piperidine rings is 1. The van der Waals surface area contributed by atoms with Crippen molar-refractivity contribution in [1.29, 1.82) is 0 Å². The van der Waals surface area contributed by atoms with E-state index in [-0.39, 0.29) is 17.5 Å². The summed E-state index contributed by atoms with van der Waals surface area (Å²) in [6.45, 7) is 5.08. The van der Waals surface area contributed by atoms with Crippen LogP contribution in [0.25, 0.3) is 16.9 Å². The highest BCUT2D eigenvalue weighted by Crippen LogP contribution is 2.31. The number of likely N-dealkylation sites (tertiary alicyclic amines) is 1. The summed E-state index contributed by atoms with van der Waals surface area (Å²) in [7, 11) is 0. The molecule has 0 saturated carbocycles. The molecule has 1 aliphatic heterocycles. The Hall–Kier alpha value is -3.19. The lowest BCUT2D eigenvalue weighted by Crippen LogP contribution is -2.38. The highest BCUT2D eigenvalue weighted by molar-refractivity contribution is 6.33. The molecule has 1 fully saturated rings. The Kier molecular flexibility index (Phi) is 4.98. The van der Waals surface area contributed by atoms with Crippen LogP contribution in [-0.4, -0.2) is 43.6 Å². The van der Waals surface area contributed by atoms with Crippen LogP contribution in [0.4, 0.5) is 0 Å². The molecule has 31 heavy (non-hydrogen) atoms. The normalized spacial score (nSPS) is 15.0. The van der Waals surface area contributed by atoms with Gasteiger partial charge in [-0.05, 0) is 57.0 Å². The molecular formula is C23H22ClN5O2. The third-order valence-electron chi connectivity index (χ3n) is 5.70. The Balaban J connectivity index is 1.33. The Labute approximate surface area is 184 Å². The van der Waals surface area contributed by atoms with Gasteiger partial charge in [0.1, 0.15) is 11.2 Å². The molecule has 7 nitrogen and oxygen atoms in total. The average Bonchev–Trinajstić information content (AvgIpc) is 3.36. The lowest BCUT2D eigenvalue weighted by Gasteiger charge is -2.30. The topological polar surface area (TPSA) is 77.0 Å². The zero-order valence-electron chi connectivity index (χ0n) is 17.4. The molecule has 1 aliphatic rings. The van der Waals surface area contributed by atoms with Gasteiger partial charge in [-0.15, -0.1) is 0 Å². The van der Waals surface area contributed by atoms with Crippen molar-refractivity contribution in [1.82, 2.24) is 24.6 Å². The first-order valence-electron chi connectivity index (χ1n) is 10.3. The van der Waals surface area contributed by atoms with Crippen molar-refractivity contribution in [3.63, 3.8) is 0 Å². The van der Waals surface area contributed by atoms with Crippen molar-refractivity contribution >= 4 is 28.6 Å². The second-order valence-electron chi connectivity index (χ2n) is 7.93. The second-order valence-corrected chi connectivity index (χ2v) is 8.33. The van der Waals surface area contributed by atoms with E-state index in [2.05, 4.69) is 15.1 Å². The van der Waals surface area contributed by atoms with Gasteiger partial charge in [-0.1, -0.05) is 23.7 Å². The number of aromatic nitrogens is 4. The summed E-state index contributed by atoms with van der Waals surface area (Å²) < 4.78 is 7.65. The zero-order chi connectivity index (χ0) is 21.5. The van der Waals surface area contributed by atoms with Crippen LogP contribution in [0.5, 0.6) is 0 Å². The Morgan fingerprint density at radius 2 is 1.87 bits per heavy atom. The molecule has 8 heteroatoms. The smallest absolute Gasteiger partial charge is 0.274 e. The van der Waals surface area contributed by atoms with Crippen molar-refractivity contribution < 1.29 is 9.21 Å². The van der Waals surface area contributed by atoms with Crippen molar-refractivity contribution in [3.05, 3.63) is 70.5 Å². The van der Waals surface area contributed by atoms with Crippen LogP contribution in [0.1, 0.15) is 46.5 Å². The molecule has 0 radical (unpaired) electrons. The van der Waals surface area contributed by atoms with Crippen molar-refractivity contribution in [2.24, 2.45) is 0 Å². The number of fused-ring (bicyclic) bond motifs is 1. The fraction of sp³-hybridized carbons (Fsp3) is 0.304. The average molecular weight is 436 g/mol. The summed E-state index contributed by atoms with van der Waals surface area (Å²) in [4.78, 5) is 24.2. The molecule has 0 unspecified atom stereocenters. The number of carbonyl (C=O) groups is 1. The Morgan fingerprint density at radius 3 is 2.58 bits per heavy atom. The Bertz CT molecular complexity index is 1240. The van der Waals surface area contributed by atoms with E-state index in [0.717, 1.165) is 41.2 Å². The van der Waals surface area contributed by atoms with Gasteiger partial charge in [0, 0.05) is 24.7 Å². The minimum Gasteiger partial charge on any atom is -0.440 e. The number of hydrogen-bond acceptors (Lipinski definition) is 5. The van der Waals surface area contributed by atoms with E-state index in [4.69, 9.17) is 16.0 Å². The van der Waals surface area contributed by atoms with Gasteiger partial charge in [-0.25, -0.2) is 14.6 Å². The number of nitrogens with zero attached hydrogens (tertiary/aromatic N) is 5. The number of halogens is 1. The molecule has 0 N–H and O–H groups in total. The summed E-state index contributed by atoms with van der Waals surface area (Å²) >= 11 is 6.35. The first kappa shape index (κ1) is 19.8. The van der Waals surface area contributed by atoms with E-state index in [1.54, 1.807) is 21.7 Å². The maximum atomic E-state index is 13.2. The second kappa shape index (κ2) is 7.81. The van der Waals surface area contributed by atoms with Crippen LogP contribution in [0.15, 0.2) is 46.9 Å². The fourth-order valence-electron chi connectivity index (χ4n) is 4.10. The van der Waals surface area contributed by atoms with Gasteiger partial charge in [0.15, 0.2) is 17.3 Å². The maximum absolute atomic E-state index is 13.2. The van der Waals surface area contributed by atoms with Gasteiger partial charge in [-0.2, -0.15) is 5.10 Å². The fourth-order valence-corrected chi connectivity index (χ4v) is 4.29. The van der Waals surface area contributed by atoms with Gasteiger partial charge in [0.25, 0.3) is 5.91 Å². The number of para-hydroxylation sites is 2. The summed E-state index contributed by atoms with van der Waals surface area (Å²) in [5.41, 5.74) is 3.77. The molecule has 3 aromatic heterocycles. The summed E-state index contributed by atoms with van der Waals surface area (Å²) in [6.07, 6.45) is 1.57. The standard InChI is InChI=1S/C23H22ClN5O2/c1-14-13-15(2)29(27-14)20-8-7-17(24)21(26-20)23(30)28-11-9-16(10-12-28)22-25-18-5-3-4-6-19(18)31-22/h3-8,13,16H,9-12H2,1-2H3. The number of carbonyl (C=O) groups excluding carboxylic acids is 1. The predicted molar refractivity (Wildman–Crippen MR) is 118 cm³/mol. The number of oxazole rings is 1. The largest absolute Gasteiger partial charge is 0.440 e. The molecular weight excluding hydrogens is 414 g/mol. The van der Waals surface area contributed by atoms with E-state index in [1.165, 1.54) is 0 Å². The first-order chi connectivity index (χ1) is 15.0. The molecule has 5 rings (SSSR count). The summed E-state index contributed by atoms with van der Waals surface area (Å²) in [6, 6.07) is 13.2. The number of rotatable bonds is 3. The lowest BCUT2D eigenvalue weighted by molar-refractivity contribution is 0.0701. The van der Waals surface area contributed by atoms with Gasteiger partial charge < -0.3 is 9.32 Å². The molecule has 1 saturated heterocycles. The number of benzene rings is 1. The zero-order valence-corrected chi connectivity index (χ0v) is 18.1. The third-order valence-corrected chi connectivity index (χ3v) is 6.01. The minimum absolute atomic E-state index is 0.163. The number of hydrogen-bond donors (Lipinski definition) is 0. The number of amides is 1. The molecule has 1 amide bonds. The maximum Gasteiger partial charge on any atom is 0.274 e. The highest BCUT2D eigenvalue weighted by atomic mass is 35.5. The number of aryl methyl sites for hydroxylation is 2. The van der Waals surface area contributed by atoms with Crippen LogP contribution in [-0.2, 0) is 0 Å². The third kappa shape index (κ3) is 3.70. The summed E-state index contributed by atoms with van der Waals surface area (Å²) in [5, 5.41) is 4.80. The monoisotopic (exact) mass is 435 g/mol. The predicted octanol–water partition coefficient (Wildman–Crippen LogP) is 4.70. The molecule has 1 aromatic carbocycles. The van der Waals surface area contributed by atoms with Crippen LogP contribution >= 0.6 is 11.6 Å². The molecule has 0 atom stereocenters. The molecule has 4 heterocycles. The van der Waals surface area contributed by atoms with E-state index in [1.807, 2.05) is 44.2 Å². The molecule has 0 bridgehead atoms. The lowest BCUT2D eigenvalue weighted by atomic mass is 9.96. The van der Waals surface area contributed by atoms with Crippen molar-refractivity contribution in [2.75, 3.05) is 13.1 Å². The molecule has 158 valence electrons. The SMILES string of the molecule is Cc1cc(C)n(-c2ccc(Cl)c(C(=O)N3CCC(c4nc5ccccc5o4)CC3)n2)n1. The van der Waals surface area contributed by atoms with Crippen LogP contribution < -0.4 is 0 Å². The molecule has 4 aromatic rings. The molecule has 0 aliphatic carbocycles. The van der Waals surface area contributed by atoms with Gasteiger partial charge in [0.05, 0.1) is 10.7 Å². The van der Waals surface area contributed by atoms with E-state index in [0.29, 0.717) is 23.9 Å². The van der Waals surface area contributed by atoms with Gasteiger partial charge >= 0.3 is 0 Å². The first-order valence-corrected chi connectivity index (χ1v) is 10.7. The molecule has 0 spiro atoms. The minimum atomic E-state index is -0.163. The Morgan fingerprint density at radius 1 is 1.10 bits per heavy atom. The quantitative estimate of drug-likeness (QED) is 0.466. The van der Waals surface area contributed by atoms with E-state index in [9.17, 15) is 4.79 Å². The van der Waals surface area contributed by atoms with E-state index >= 15 is 0 Å². The van der Waals surface area contributed by atoms with Gasteiger partial charge in [0.2, 0.25) is 0 Å². The van der Waals surface area contributed by atoms with Gasteiger partial charge in [-0.3, -0.25) is 4.79 Å². The van der Waals surface area contributed by atoms with Crippen molar-refractivity contribution in [2.45, 2.75) is 32.6 Å². The van der Waals surface area contributed by atoms with E-state index < -0.39 is 0 Å². The highest BCUT2D eigenvalue weighted by Gasteiger charge is 2.29. The summed E-state index contributed by atoms with van der Waals surface area (Å²) in [5.74, 6) is 1.36. The van der Waals surface area contributed by atoms with Crippen LogP contribution in [0.3, 0.4) is 0 Å².